The average Bonchev–Trinajstić information content (AvgIpc) is 3.22. The fourth-order valence-corrected chi connectivity index (χ4v) is 3.22. The summed E-state index contributed by atoms with van der Waals surface area (Å²) in [4.78, 5) is 29.1. The van der Waals surface area contributed by atoms with E-state index in [4.69, 9.17) is 4.74 Å². The summed E-state index contributed by atoms with van der Waals surface area (Å²) in [5, 5.41) is 4.20. The number of carbonyl (C=O) groups excluding carboxylic acids is 2. The van der Waals surface area contributed by atoms with E-state index in [-0.39, 0.29) is 17.9 Å². The third-order valence-corrected chi connectivity index (χ3v) is 4.71. The monoisotopic (exact) mass is 356 g/mol. The van der Waals surface area contributed by atoms with Gasteiger partial charge in [0.2, 0.25) is 5.91 Å². The van der Waals surface area contributed by atoms with Crippen molar-refractivity contribution in [3.63, 3.8) is 0 Å². The normalized spacial score (nSPS) is 15.6. The van der Waals surface area contributed by atoms with Gasteiger partial charge in [-0.1, -0.05) is 13.0 Å². The van der Waals surface area contributed by atoms with Crippen LogP contribution >= 0.6 is 0 Å². The molecular weight excluding hydrogens is 332 g/mol. The number of carbonyl (C=O) groups is 2. The molecule has 1 aliphatic heterocycles. The van der Waals surface area contributed by atoms with Gasteiger partial charge in [-0.3, -0.25) is 14.3 Å². The van der Waals surface area contributed by atoms with Crippen LogP contribution in [-0.4, -0.2) is 64.7 Å². The first kappa shape index (κ1) is 18.0. The summed E-state index contributed by atoms with van der Waals surface area (Å²) in [6, 6.07) is 8.68. The van der Waals surface area contributed by atoms with Crippen LogP contribution in [0.2, 0.25) is 0 Å². The average molecular weight is 356 g/mol. The summed E-state index contributed by atoms with van der Waals surface area (Å²) >= 11 is 0. The third kappa shape index (κ3) is 3.71. The molecule has 1 aromatic heterocycles. The lowest BCUT2D eigenvalue weighted by molar-refractivity contribution is -0.136. The Morgan fingerprint density at radius 1 is 1.15 bits per heavy atom. The van der Waals surface area contributed by atoms with E-state index in [9.17, 15) is 9.59 Å². The van der Waals surface area contributed by atoms with E-state index in [1.807, 2.05) is 36.2 Å². The first-order chi connectivity index (χ1) is 12.6. The zero-order valence-electron chi connectivity index (χ0n) is 15.2. The molecular formula is C19H24N4O3. The fraction of sp³-hybridized carbons (Fsp3) is 0.421. The van der Waals surface area contributed by atoms with Crippen molar-refractivity contribution in [3.05, 3.63) is 48.3 Å². The third-order valence-electron chi connectivity index (χ3n) is 4.71. The quantitative estimate of drug-likeness (QED) is 0.820. The Hall–Kier alpha value is -2.83. The van der Waals surface area contributed by atoms with Crippen molar-refractivity contribution in [1.82, 2.24) is 19.6 Å². The number of methoxy groups -OCH3 is 1. The van der Waals surface area contributed by atoms with Gasteiger partial charge in [-0.05, 0) is 30.7 Å². The standard InChI is InChI=1S/C19H24N4O3/c1-3-17(23-9-5-8-20-23)19(25)22-12-10-21(11-13-22)18(24)15-6-4-7-16(14-15)26-2/h4-9,14,17H,3,10-13H2,1-2H3. The van der Waals surface area contributed by atoms with E-state index < -0.39 is 0 Å². The second-order valence-electron chi connectivity index (χ2n) is 6.26. The fourth-order valence-electron chi connectivity index (χ4n) is 3.22. The molecule has 3 rings (SSSR count). The SMILES string of the molecule is CCC(C(=O)N1CCN(C(=O)c2cccc(OC)c2)CC1)n1cccn1. The maximum atomic E-state index is 12.8. The Morgan fingerprint density at radius 3 is 2.50 bits per heavy atom. The van der Waals surface area contributed by atoms with E-state index >= 15 is 0 Å². The highest BCUT2D eigenvalue weighted by Gasteiger charge is 2.29. The minimum absolute atomic E-state index is 0.0323. The van der Waals surface area contributed by atoms with Crippen LogP contribution in [0.5, 0.6) is 5.75 Å². The van der Waals surface area contributed by atoms with Gasteiger partial charge < -0.3 is 14.5 Å². The molecule has 0 saturated carbocycles. The maximum Gasteiger partial charge on any atom is 0.254 e. The predicted octanol–water partition coefficient (Wildman–Crippen LogP) is 1.83. The summed E-state index contributed by atoms with van der Waals surface area (Å²) < 4.78 is 6.89. The van der Waals surface area contributed by atoms with Crippen molar-refractivity contribution >= 4 is 11.8 Å². The molecule has 0 spiro atoms. The lowest BCUT2D eigenvalue weighted by atomic mass is 10.1. The second-order valence-corrected chi connectivity index (χ2v) is 6.26. The van der Waals surface area contributed by atoms with Gasteiger partial charge >= 0.3 is 0 Å². The van der Waals surface area contributed by atoms with Crippen molar-refractivity contribution in [2.45, 2.75) is 19.4 Å². The maximum absolute atomic E-state index is 12.8. The molecule has 1 aromatic carbocycles. The number of rotatable bonds is 5. The molecule has 1 aliphatic rings. The molecule has 0 radical (unpaired) electrons. The molecule has 0 aliphatic carbocycles. The van der Waals surface area contributed by atoms with Gasteiger partial charge in [0.25, 0.3) is 5.91 Å². The minimum atomic E-state index is -0.286. The molecule has 1 saturated heterocycles. The van der Waals surface area contributed by atoms with Gasteiger partial charge in [-0.2, -0.15) is 5.10 Å². The van der Waals surface area contributed by atoms with Crippen LogP contribution in [0.15, 0.2) is 42.7 Å². The Balaban J connectivity index is 1.61. The highest BCUT2D eigenvalue weighted by Crippen LogP contribution is 2.18. The zero-order valence-corrected chi connectivity index (χ0v) is 15.2. The summed E-state index contributed by atoms with van der Waals surface area (Å²) in [5.74, 6) is 0.689. The van der Waals surface area contributed by atoms with Crippen LogP contribution in [0, 0.1) is 0 Å². The van der Waals surface area contributed by atoms with Gasteiger partial charge in [0.05, 0.1) is 7.11 Å². The molecule has 26 heavy (non-hydrogen) atoms. The molecule has 1 atom stereocenters. The Kier molecular flexibility index (Phi) is 5.55. The number of piperazine rings is 1. The van der Waals surface area contributed by atoms with E-state index in [2.05, 4.69) is 5.10 Å². The molecule has 2 aromatic rings. The van der Waals surface area contributed by atoms with Crippen LogP contribution in [0.1, 0.15) is 29.7 Å². The molecule has 1 unspecified atom stereocenters. The van der Waals surface area contributed by atoms with E-state index in [0.717, 1.165) is 0 Å². The van der Waals surface area contributed by atoms with Gasteiger partial charge in [0.15, 0.2) is 0 Å². The van der Waals surface area contributed by atoms with Gasteiger partial charge in [0.1, 0.15) is 11.8 Å². The van der Waals surface area contributed by atoms with Gasteiger partial charge in [-0.25, -0.2) is 0 Å². The summed E-state index contributed by atoms with van der Waals surface area (Å²) in [6.07, 6.45) is 4.18. The van der Waals surface area contributed by atoms with Crippen molar-refractivity contribution in [1.29, 1.82) is 0 Å². The summed E-state index contributed by atoms with van der Waals surface area (Å²) in [7, 11) is 1.58. The number of hydrogen-bond acceptors (Lipinski definition) is 4. The summed E-state index contributed by atoms with van der Waals surface area (Å²) in [5.41, 5.74) is 0.604. The summed E-state index contributed by atoms with van der Waals surface area (Å²) in [6.45, 7) is 4.10. The lowest BCUT2D eigenvalue weighted by Gasteiger charge is -2.36. The van der Waals surface area contributed by atoms with Gasteiger partial charge in [0, 0.05) is 44.1 Å². The molecule has 7 heteroatoms. The predicted molar refractivity (Wildman–Crippen MR) is 97.0 cm³/mol. The molecule has 138 valence electrons. The topological polar surface area (TPSA) is 67.7 Å². The highest BCUT2D eigenvalue weighted by atomic mass is 16.5. The van der Waals surface area contributed by atoms with Gasteiger partial charge in [-0.15, -0.1) is 0 Å². The van der Waals surface area contributed by atoms with E-state index in [1.165, 1.54) is 0 Å². The first-order valence-corrected chi connectivity index (χ1v) is 8.85. The highest BCUT2D eigenvalue weighted by molar-refractivity contribution is 5.94. The zero-order chi connectivity index (χ0) is 18.5. The van der Waals surface area contributed by atoms with Crippen molar-refractivity contribution in [2.24, 2.45) is 0 Å². The number of ether oxygens (including phenoxy) is 1. The molecule has 2 heterocycles. The Bertz CT molecular complexity index is 752. The number of hydrogen-bond donors (Lipinski definition) is 0. The number of nitrogens with zero attached hydrogens (tertiary/aromatic N) is 4. The van der Waals surface area contributed by atoms with E-state index in [1.54, 1.807) is 35.0 Å². The van der Waals surface area contributed by atoms with E-state index in [0.29, 0.717) is 43.9 Å². The van der Waals surface area contributed by atoms with Crippen LogP contribution in [0.25, 0.3) is 0 Å². The largest absolute Gasteiger partial charge is 0.497 e. The molecule has 7 nitrogen and oxygen atoms in total. The molecule has 1 fully saturated rings. The first-order valence-electron chi connectivity index (χ1n) is 8.85. The Labute approximate surface area is 153 Å². The van der Waals surface area contributed by atoms with Crippen LogP contribution < -0.4 is 4.74 Å². The molecule has 0 N–H and O–H groups in total. The smallest absolute Gasteiger partial charge is 0.254 e. The van der Waals surface area contributed by atoms with Crippen LogP contribution in [0.3, 0.4) is 0 Å². The van der Waals surface area contributed by atoms with Crippen LogP contribution in [-0.2, 0) is 4.79 Å². The minimum Gasteiger partial charge on any atom is -0.497 e. The Morgan fingerprint density at radius 2 is 1.88 bits per heavy atom. The number of benzene rings is 1. The van der Waals surface area contributed by atoms with Crippen molar-refractivity contribution in [2.75, 3.05) is 33.3 Å². The number of aromatic nitrogens is 2. The molecule has 2 amide bonds. The van der Waals surface area contributed by atoms with Crippen molar-refractivity contribution in [3.8, 4) is 5.75 Å². The number of amides is 2. The second kappa shape index (κ2) is 8.03. The van der Waals surface area contributed by atoms with Crippen LogP contribution in [0.4, 0.5) is 0 Å². The molecule has 0 bridgehead atoms. The lowest BCUT2D eigenvalue weighted by Crippen LogP contribution is -2.52. The van der Waals surface area contributed by atoms with Crippen molar-refractivity contribution < 1.29 is 14.3 Å².